The van der Waals surface area contributed by atoms with Gasteiger partial charge in [0.1, 0.15) is 6.10 Å². The highest BCUT2D eigenvalue weighted by Gasteiger charge is 2.46. The van der Waals surface area contributed by atoms with Crippen LogP contribution in [0.5, 0.6) is 0 Å². The van der Waals surface area contributed by atoms with E-state index < -0.39 is 29.7 Å². The van der Waals surface area contributed by atoms with E-state index in [9.17, 15) is 14.7 Å². The van der Waals surface area contributed by atoms with Gasteiger partial charge in [0.15, 0.2) is 5.60 Å². The Labute approximate surface area is 201 Å². The van der Waals surface area contributed by atoms with E-state index in [2.05, 4.69) is 37.8 Å². The molecule has 0 spiro atoms. The van der Waals surface area contributed by atoms with Crippen LogP contribution in [0, 0.1) is 0 Å². The molecular formula is C27H47NO5. The molecule has 0 aromatic heterocycles. The van der Waals surface area contributed by atoms with Crippen molar-refractivity contribution < 1.29 is 24.2 Å². The first-order valence-corrected chi connectivity index (χ1v) is 12.5. The maximum atomic E-state index is 12.4. The average Bonchev–Trinajstić information content (AvgIpc) is 2.76. The van der Waals surface area contributed by atoms with Crippen LogP contribution in [-0.2, 0) is 19.1 Å². The number of unbranched alkanes of at least 4 members (excludes halogenated alkanes) is 6. The first kappa shape index (κ1) is 31.1. The Morgan fingerprint density at radius 2 is 1.64 bits per heavy atom. The lowest BCUT2D eigenvalue weighted by atomic mass is 9.88. The zero-order valence-electron chi connectivity index (χ0n) is 21.3. The Balaban J connectivity index is 4.74. The third-order valence-corrected chi connectivity index (χ3v) is 5.56. The van der Waals surface area contributed by atoms with Crippen LogP contribution in [0.2, 0.25) is 0 Å². The summed E-state index contributed by atoms with van der Waals surface area (Å²) in [5, 5.41) is 9.63. The molecule has 6 nitrogen and oxygen atoms in total. The number of carbonyl (C=O) groups excluding carboxylic acids is 2. The van der Waals surface area contributed by atoms with Crippen molar-refractivity contribution in [1.29, 1.82) is 0 Å². The minimum absolute atomic E-state index is 0.0737. The van der Waals surface area contributed by atoms with E-state index in [0.717, 1.165) is 38.5 Å². The summed E-state index contributed by atoms with van der Waals surface area (Å²) in [6.45, 7) is 10.6. The normalized spacial score (nSPS) is 15.4. The molecule has 0 aromatic rings. The molecule has 0 rings (SSSR count). The highest BCUT2D eigenvalue weighted by atomic mass is 16.6. The summed E-state index contributed by atoms with van der Waals surface area (Å²) in [6, 6.07) is 0. The molecule has 0 aliphatic heterocycles. The highest BCUT2D eigenvalue weighted by molar-refractivity contribution is 5.89. The molecule has 0 aliphatic carbocycles. The van der Waals surface area contributed by atoms with Crippen molar-refractivity contribution in [3.05, 3.63) is 36.5 Å². The van der Waals surface area contributed by atoms with Crippen molar-refractivity contribution in [3.8, 4) is 0 Å². The SMILES string of the molecule is C=C(C)C(=O)OC(CCCCC/C=C\C/C=C\CCCCC)C(CC)(OCC(C)O)C(N)=O. The molecule has 6 heteroatoms. The van der Waals surface area contributed by atoms with Crippen molar-refractivity contribution in [2.24, 2.45) is 5.73 Å². The molecule has 0 fully saturated rings. The van der Waals surface area contributed by atoms with Gasteiger partial charge in [-0.05, 0) is 65.2 Å². The fourth-order valence-corrected chi connectivity index (χ4v) is 3.50. The van der Waals surface area contributed by atoms with Crippen molar-refractivity contribution in [2.45, 2.75) is 116 Å². The number of carbonyl (C=O) groups is 2. The number of primary amides is 1. The van der Waals surface area contributed by atoms with Gasteiger partial charge < -0.3 is 20.3 Å². The molecule has 0 aliphatic rings. The summed E-state index contributed by atoms with van der Waals surface area (Å²) < 4.78 is 11.4. The third-order valence-electron chi connectivity index (χ3n) is 5.56. The van der Waals surface area contributed by atoms with E-state index >= 15 is 0 Å². The van der Waals surface area contributed by atoms with Gasteiger partial charge in [-0.2, -0.15) is 0 Å². The van der Waals surface area contributed by atoms with Crippen LogP contribution >= 0.6 is 0 Å². The Morgan fingerprint density at radius 3 is 2.12 bits per heavy atom. The van der Waals surface area contributed by atoms with Gasteiger partial charge >= 0.3 is 5.97 Å². The second-order valence-electron chi connectivity index (χ2n) is 8.75. The van der Waals surface area contributed by atoms with Crippen LogP contribution in [0.1, 0.15) is 98.3 Å². The van der Waals surface area contributed by atoms with E-state index in [1.165, 1.54) is 19.3 Å². The molecule has 0 saturated carbocycles. The minimum Gasteiger partial charge on any atom is -0.455 e. The van der Waals surface area contributed by atoms with Crippen LogP contribution < -0.4 is 5.73 Å². The van der Waals surface area contributed by atoms with Crippen LogP contribution in [-0.4, -0.2) is 41.4 Å². The quantitative estimate of drug-likeness (QED) is 0.106. The molecule has 33 heavy (non-hydrogen) atoms. The summed E-state index contributed by atoms with van der Waals surface area (Å²) in [6.07, 6.45) is 17.5. The van der Waals surface area contributed by atoms with Gasteiger partial charge in [-0.1, -0.05) is 64.0 Å². The van der Waals surface area contributed by atoms with Gasteiger partial charge in [-0.3, -0.25) is 4.79 Å². The van der Waals surface area contributed by atoms with E-state index in [1.807, 2.05) is 0 Å². The largest absolute Gasteiger partial charge is 0.455 e. The van der Waals surface area contributed by atoms with Crippen molar-refractivity contribution in [2.75, 3.05) is 6.61 Å². The molecule has 3 atom stereocenters. The number of aliphatic hydroxyl groups excluding tert-OH is 1. The molecular weight excluding hydrogens is 418 g/mol. The topological polar surface area (TPSA) is 98.8 Å². The highest BCUT2D eigenvalue weighted by Crippen LogP contribution is 2.29. The number of amides is 1. The zero-order chi connectivity index (χ0) is 25.1. The van der Waals surface area contributed by atoms with Crippen LogP contribution in [0.4, 0.5) is 0 Å². The van der Waals surface area contributed by atoms with Crippen LogP contribution in [0.3, 0.4) is 0 Å². The number of rotatable bonds is 20. The van der Waals surface area contributed by atoms with E-state index in [1.54, 1.807) is 20.8 Å². The fourth-order valence-electron chi connectivity index (χ4n) is 3.50. The monoisotopic (exact) mass is 465 g/mol. The molecule has 0 radical (unpaired) electrons. The summed E-state index contributed by atoms with van der Waals surface area (Å²) in [5.74, 6) is -1.28. The molecule has 0 heterocycles. The molecule has 0 saturated heterocycles. The maximum absolute atomic E-state index is 12.4. The Hall–Kier alpha value is -1.92. The summed E-state index contributed by atoms with van der Waals surface area (Å²) in [5.41, 5.74) is 4.46. The van der Waals surface area contributed by atoms with E-state index in [4.69, 9.17) is 15.2 Å². The Morgan fingerprint density at radius 1 is 1.03 bits per heavy atom. The number of allylic oxidation sites excluding steroid dienone is 4. The minimum atomic E-state index is -1.48. The van der Waals surface area contributed by atoms with Gasteiger partial charge in [0.05, 0.1) is 12.7 Å². The van der Waals surface area contributed by atoms with E-state index in [-0.39, 0.29) is 18.6 Å². The Kier molecular flexibility index (Phi) is 17.4. The Bertz CT molecular complexity index is 626. The zero-order valence-corrected chi connectivity index (χ0v) is 21.3. The lowest BCUT2D eigenvalue weighted by molar-refractivity contribution is -0.184. The fraction of sp³-hybridized carbons (Fsp3) is 0.704. The van der Waals surface area contributed by atoms with Crippen molar-refractivity contribution >= 4 is 11.9 Å². The molecule has 3 N–H and O–H groups in total. The first-order chi connectivity index (χ1) is 15.7. The standard InChI is InChI=1S/C27H47NO5/c1-6-8-9-10-11-12-13-14-15-16-17-18-19-20-24(33-25(30)22(3)4)27(7-2,26(28)31)32-21-23(5)29/h11-12,14-15,23-24,29H,3,6-10,13,16-21H2,1-2,4-5H3,(H2,28,31)/b12-11-,15-14-. The third kappa shape index (κ3) is 13.4. The summed E-state index contributed by atoms with van der Waals surface area (Å²) in [4.78, 5) is 24.6. The lowest BCUT2D eigenvalue weighted by Gasteiger charge is -2.37. The van der Waals surface area contributed by atoms with Gasteiger partial charge in [-0.15, -0.1) is 0 Å². The van der Waals surface area contributed by atoms with Crippen molar-refractivity contribution in [1.82, 2.24) is 0 Å². The number of ether oxygens (including phenoxy) is 2. The van der Waals surface area contributed by atoms with Crippen LogP contribution in [0.25, 0.3) is 0 Å². The van der Waals surface area contributed by atoms with E-state index in [0.29, 0.717) is 6.42 Å². The lowest BCUT2D eigenvalue weighted by Crippen LogP contribution is -2.57. The number of nitrogens with two attached hydrogens (primary N) is 1. The summed E-state index contributed by atoms with van der Waals surface area (Å²) >= 11 is 0. The van der Waals surface area contributed by atoms with Crippen LogP contribution in [0.15, 0.2) is 36.5 Å². The van der Waals surface area contributed by atoms with Gasteiger partial charge in [0, 0.05) is 5.57 Å². The number of esters is 1. The molecule has 0 aromatic carbocycles. The second kappa shape index (κ2) is 18.5. The van der Waals surface area contributed by atoms with Gasteiger partial charge in [0.25, 0.3) is 5.91 Å². The predicted octanol–water partition coefficient (Wildman–Crippen LogP) is 5.54. The second-order valence-corrected chi connectivity index (χ2v) is 8.75. The molecule has 3 unspecified atom stereocenters. The predicted molar refractivity (Wildman–Crippen MR) is 135 cm³/mol. The summed E-state index contributed by atoms with van der Waals surface area (Å²) in [7, 11) is 0. The van der Waals surface area contributed by atoms with Gasteiger partial charge in [-0.25, -0.2) is 4.79 Å². The average molecular weight is 466 g/mol. The maximum Gasteiger partial charge on any atom is 0.333 e. The molecule has 1 amide bonds. The molecule has 190 valence electrons. The number of aliphatic hydroxyl groups is 1. The number of hydrogen-bond acceptors (Lipinski definition) is 5. The number of hydrogen-bond donors (Lipinski definition) is 2. The van der Waals surface area contributed by atoms with Crippen molar-refractivity contribution in [3.63, 3.8) is 0 Å². The smallest absolute Gasteiger partial charge is 0.333 e. The first-order valence-electron chi connectivity index (χ1n) is 12.5. The van der Waals surface area contributed by atoms with Gasteiger partial charge in [0.2, 0.25) is 0 Å². The molecule has 0 bridgehead atoms.